The first-order valence-corrected chi connectivity index (χ1v) is 3.31. The van der Waals surface area contributed by atoms with Crippen molar-refractivity contribution in [3.05, 3.63) is 0 Å². The first-order chi connectivity index (χ1) is 4.67. The molecule has 56 valence electrons. The van der Waals surface area contributed by atoms with E-state index in [1.807, 2.05) is 13.8 Å². The molecular weight excluding hydrogens is 128 g/mol. The quantitative estimate of drug-likeness (QED) is 0.605. The zero-order valence-electron chi connectivity index (χ0n) is 6.33. The maximum absolute atomic E-state index is 5.52. The van der Waals surface area contributed by atoms with Gasteiger partial charge in [0.25, 0.3) is 0 Å². The molecule has 4 nitrogen and oxygen atoms in total. The molecule has 0 spiro atoms. The van der Waals surface area contributed by atoms with E-state index in [1.165, 1.54) is 0 Å². The third-order valence-corrected chi connectivity index (χ3v) is 1.74. The number of nitrogens with two attached hydrogens (primary N) is 1. The van der Waals surface area contributed by atoms with Crippen molar-refractivity contribution in [3.63, 3.8) is 0 Å². The smallest absolute Gasteiger partial charge is 0.103 e. The zero-order valence-corrected chi connectivity index (χ0v) is 6.33. The highest BCUT2D eigenvalue weighted by atomic mass is 15.4. The Bertz CT molecular complexity index is 180. The summed E-state index contributed by atoms with van der Waals surface area (Å²) in [5.74, 6) is 0. The highest BCUT2D eigenvalue weighted by Crippen LogP contribution is 2.18. The van der Waals surface area contributed by atoms with Crippen LogP contribution in [0.2, 0.25) is 0 Å². The van der Waals surface area contributed by atoms with Crippen LogP contribution >= 0.6 is 0 Å². The van der Waals surface area contributed by atoms with Crippen LogP contribution in [0.1, 0.15) is 13.8 Å². The Morgan fingerprint density at radius 1 is 1.60 bits per heavy atom. The van der Waals surface area contributed by atoms with E-state index in [9.17, 15) is 0 Å². The molecule has 1 aliphatic heterocycles. The zero-order chi connectivity index (χ0) is 7.61. The average molecular weight is 140 g/mol. The monoisotopic (exact) mass is 140 g/mol. The van der Waals surface area contributed by atoms with Crippen molar-refractivity contribution in [1.82, 2.24) is 0 Å². The lowest BCUT2D eigenvalue weighted by Crippen LogP contribution is -2.33. The minimum atomic E-state index is -0.0382. The fraction of sp³-hybridized carbons (Fsp3) is 0.833. The topological polar surface area (TPSA) is 63.1 Å². The second-order valence-electron chi connectivity index (χ2n) is 3.02. The molecule has 0 aromatic rings. The summed E-state index contributed by atoms with van der Waals surface area (Å²) in [7, 11) is 0. The van der Waals surface area contributed by atoms with E-state index in [0.717, 1.165) is 5.71 Å². The molecule has 10 heavy (non-hydrogen) atoms. The van der Waals surface area contributed by atoms with Crippen molar-refractivity contribution in [2.45, 2.75) is 13.8 Å². The first kappa shape index (κ1) is 7.34. The molecule has 1 aliphatic rings. The van der Waals surface area contributed by atoms with Crippen molar-refractivity contribution in [3.8, 4) is 0 Å². The van der Waals surface area contributed by atoms with Crippen molar-refractivity contribution in [1.29, 1.82) is 0 Å². The molecule has 0 aliphatic carbocycles. The first-order valence-electron chi connectivity index (χ1n) is 3.31. The highest BCUT2D eigenvalue weighted by Gasteiger charge is 2.24. The largest absolute Gasteiger partial charge is 0.330 e. The molecule has 1 rings (SSSR count). The van der Waals surface area contributed by atoms with Crippen LogP contribution in [0.4, 0.5) is 0 Å². The molecule has 1 heterocycles. The van der Waals surface area contributed by atoms with E-state index in [0.29, 0.717) is 13.1 Å². The predicted molar refractivity (Wildman–Crippen MR) is 40.0 cm³/mol. The molecule has 0 amide bonds. The Morgan fingerprint density at radius 3 is 2.70 bits per heavy atom. The molecule has 0 aromatic heterocycles. The molecule has 0 saturated carbocycles. The fourth-order valence-corrected chi connectivity index (χ4v) is 0.683. The van der Waals surface area contributed by atoms with Crippen molar-refractivity contribution < 1.29 is 0 Å². The summed E-state index contributed by atoms with van der Waals surface area (Å²) in [5.41, 5.74) is 6.47. The molecule has 0 atom stereocenters. The summed E-state index contributed by atoms with van der Waals surface area (Å²) in [4.78, 5) is 0. The van der Waals surface area contributed by atoms with Gasteiger partial charge in [-0.05, 0) is 5.22 Å². The van der Waals surface area contributed by atoms with Gasteiger partial charge in [0.2, 0.25) is 0 Å². The normalized spacial score (nSPS) is 17.7. The van der Waals surface area contributed by atoms with E-state index in [1.54, 1.807) is 0 Å². The van der Waals surface area contributed by atoms with Crippen LogP contribution in [0.25, 0.3) is 0 Å². The van der Waals surface area contributed by atoms with Gasteiger partial charge in [-0.25, -0.2) is 0 Å². The number of hydrogen-bond acceptors (Lipinski definition) is 4. The number of nitrogens with zero attached hydrogens (tertiary/aromatic N) is 3. The van der Waals surface area contributed by atoms with Gasteiger partial charge in [0.15, 0.2) is 0 Å². The minimum Gasteiger partial charge on any atom is -0.330 e. The summed E-state index contributed by atoms with van der Waals surface area (Å²) in [6.07, 6.45) is 0. The molecule has 0 radical (unpaired) electrons. The van der Waals surface area contributed by atoms with Crippen LogP contribution in [0.5, 0.6) is 0 Å². The third kappa shape index (κ3) is 1.21. The summed E-state index contributed by atoms with van der Waals surface area (Å²) in [6, 6.07) is 0. The van der Waals surface area contributed by atoms with Crippen LogP contribution in [-0.4, -0.2) is 18.8 Å². The molecular formula is C6H12N4. The number of rotatable bonds is 2. The van der Waals surface area contributed by atoms with Gasteiger partial charge >= 0.3 is 0 Å². The van der Waals surface area contributed by atoms with Crippen LogP contribution in [0.15, 0.2) is 15.4 Å². The third-order valence-electron chi connectivity index (χ3n) is 1.74. The Kier molecular flexibility index (Phi) is 1.80. The van der Waals surface area contributed by atoms with Crippen LogP contribution < -0.4 is 5.73 Å². The van der Waals surface area contributed by atoms with E-state index in [-0.39, 0.29) is 5.41 Å². The lowest BCUT2D eigenvalue weighted by molar-refractivity contribution is 0.533. The van der Waals surface area contributed by atoms with Crippen LogP contribution in [0, 0.1) is 5.41 Å². The Morgan fingerprint density at radius 2 is 2.30 bits per heavy atom. The van der Waals surface area contributed by atoms with E-state index in [2.05, 4.69) is 15.4 Å². The summed E-state index contributed by atoms with van der Waals surface area (Å²) < 4.78 is 0. The van der Waals surface area contributed by atoms with Gasteiger partial charge in [-0.15, -0.1) is 5.10 Å². The molecule has 0 aromatic carbocycles. The van der Waals surface area contributed by atoms with Crippen molar-refractivity contribution in [2.75, 3.05) is 13.1 Å². The summed E-state index contributed by atoms with van der Waals surface area (Å²) in [5, 5.41) is 11.2. The molecule has 4 heteroatoms. The van der Waals surface area contributed by atoms with Crippen LogP contribution in [0.3, 0.4) is 0 Å². The van der Waals surface area contributed by atoms with Gasteiger partial charge in [-0.1, -0.05) is 13.8 Å². The van der Waals surface area contributed by atoms with Gasteiger partial charge < -0.3 is 5.73 Å². The lowest BCUT2D eigenvalue weighted by atomic mass is 9.88. The highest BCUT2D eigenvalue weighted by molar-refractivity contribution is 5.92. The second-order valence-corrected chi connectivity index (χ2v) is 3.02. The summed E-state index contributed by atoms with van der Waals surface area (Å²) in [6.45, 7) is 5.30. The standard InChI is InChI=1S/C6H12N4/c1-6(2,4-7)5-3-8-10-9-5/h3-4,7H2,1-2H3. The number of hydrogen-bond donors (Lipinski definition) is 1. The van der Waals surface area contributed by atoms with E-state index in [4.69, 9.17) is 5.73 Å². The Balaban J connectivity index is 2.65. The molecule has 2 N–H and O–H groups in total. The van der Waals surface area contributed by atoms with Gasteiger partial charge in [-0.3, -0.25) is 0 Å². The van der Waals surface area contributed by atoms with Gasteiger partial charge in [0.1, 0.15) is 6.54 Å². The maximum Gasteiger partial charge on any atom is 0.103 e. The molecule has 0 saturated heterocycles. The lowest BCUT2D eigenvalue weighted by Gasteiger charge is -2.20. The van der Waals surface area contributed by atoms with Gasteiger partial charge in [0, 0.05) is 12.0 Å². The Labute approximate surface area is 60.2 Å². The average Bonchev–Trinajstić information content (AvgIpc) is 2.38. The minimum absolute atomic E-state index is 0.0382. The van der Waals surface area contributed by atoms with Gasteiger partial charge in [0.05, 0.1) is 5.71 Å². The Hall–Kier alpha value is -0.770. The van der Waals surface area contributed by atoms with E-state index < -0.39 is 0 Å². The van der Waals surface area contributed by atoms with Crippen LogP contribution in [-0.2, 0) is 0 Å². The van der Waals surface area contributed by atoms with Crippen molar-refractivity contribution in [2.24, 2.45) is 26.6 Å². The SMILES string of the molecule is CC(C)(CN)C1=NN=NC1. The fourth-order valence-electron chi connectivity index (χ4n) is 0.683. The van der Waals surface area contributed by atoms with Gasteiger partial charge in [-0.2, -0.15) is 5.11 Å². The van der Waals surface area contributed by atoms with Crippen molar-refractivity contribution >= 4 is 5.71 Å². The second kappa shape index (κ2) is 2.46. The maximum atomic E-state index is 5.52. The summed E-state index contributed by atoms with van der Waals surface area (Å²) >= 11 is 0. The molecule has 0 unspecified atom stereocenters. The molecule has 0 bridgehead atoms. The molecule has 0 fully saturated rings. The van der Waals surface area contributed by atoms with E-state index >= 15 is 0 Å². The predicted octanol–water partition coefficient (Wildman–Crippen LogP) is 0.793.